The van der Waals surface area contributed by atoms with E-state index in [0.29, 0.717) is 16.5 Å². The van der Waals surface area contributed by atoms with E-state index in [0.717, 1.165) is 11.1 Å². The number of amides is 1. The molecule has 2 rings (SSSR count). The summed E-state index contributed by atoms with van der Waals surface area (Å²) in [5, 5.41) is 0.494. The fourth-order valence-electron chi connectivity index (χ4n) is 1.68. The lowest BCUT2D eigenvalue weighted by Gasteiger charge is -2.08. The fourth-order valence-corrected chi connectivity index (χ4v) is 1.93. The largest absolute Gasteiger partial charge is 0.495 e. The van der Waals surface area contributed by atoms with Crippen LogP contribution in [0.15, 0.2) is 18.3 Å². The van der Waals surface area contributed by atoms with E-state index in [2.05, 4.69) is 9.97 Å². The average molecular weight is 266 g/mol. The minimum Gasteiger partial charge on any atom is -0.495 e. The van der Waals surface area contributed by atoms with Crippen molar-refractivity contribution >= 4 is 17.5 Å². The SMILES string of the molecule is COc1cc(C)c(-c2cnc(C(N)=O)[nH]2)cc1Cl. The predicted octanol–water partition coefficient (Wildman–Crippen LogP) is 2.15. The third kappa shape index (κ3) is 2.17. The quantitative estimate of drug-likeness (QED) is 0.892. The number of primary amides is 1. The highest BCUT2D eigenvalue weighted by Crippen LogP contribution is 2.32. The van der Waals surface area contributed by atoms with Gasteiger partial charge in [0.1, 0.15) is 5.75 Å². The van der Waals surface area contributed by atoms with Crippen molar-refractivity contribution in [3.63, 3.8) is 0 Å². The molecule has 0 unspecified atom stereocenters. The smallest absolute Gasteiger partial charge is 0.284 e. The molecule has 0 radical (unpaired) electrons. The number of benzene rings is 1. The van der Waals surface area contributed by atoms with Crippen LogP contribution in [-0.4, -0.2) is 23.0 Å². The maximum Gasteiger partial charge on any atom is 0.284 e. The molecular weight excluding hydrogens is 254 g/mol. The molecule has 18 heavy (non-hydrogen) atoms. The van der Waals surface area contributed by atoms with Crippen molar-refractivity contribution in [2.24, 2.45) is 5.73 Å². The van der Waals surface area contributed by atoms with E-state index in [4.69, 9.17) is 22.1 Å². The van der Waals surface area contributed by atoms with Gasteiger partial charge in [0.2, 0.25) is 0 Å². The molecule has 1 aromatic carbocycles. The first-order valence-electron chi connectivity index (χ1n) is 5.22. The highest BCUT2D eigenvalue weighted by molar-refractivity contribution is 6.32. The number of hydrogen-bond donors (Lipinski definition) is 2. The van der Waals surface area contributed by atoms with Crippen molar-refractivity contribution in [2.45, 2.75) is 6.92 Å². The van der Waals surface area contributed by atoms with Gasteiger partial charge in [0, 0.05) is 5.56 Å². The first kappa shape index (κ1) is 12.4. The first-order valence-corrected chi connectivity index (χ1v) is 5.60. The number of halogens is 1. The number of nitrogens with one attached hydrogen (secondary N) is 1. The van der Waals surface area contributed by atoms with E-state index in [1.807, 2.05) is 13.0 Å². The van der Waals surface area contributed by atoms with Crippen LogP contribution in [-0.2, 0) is 0 Å². The van der Waals surface area contributed by atoms with Gasteiger partial charge in [0.25, 0.3) is 5.91 Å². The molecule has 2 aromatic rings. The molecule has 1 heterocycles. The lowest BCUT2D eigenvalue weighted by Crippen LogP contribution is -2.12. The van der Waals surface area contributed by atoms with Gasteiger partial charge in [-0.2, -0.15) is 0 Å². The molecule has 0 fully saturated rings. The second kappa shape index (κ2) is 4.70. The number of carbonyl (C=O) groups is 1. The normalized spacial score (nSPS) is 10.4. The van der Waals surface area contributed by atoms with Crippen LogP contribution >= 0.6 is 11.6 Å². The number of imidazole rings is 1. The zero-order chi connectivity index (χ0) is 13.3. The van der Waals surface area contributed by atoms with E-state index >= 15 is 0 Å². The molecule has 94 valence electrons. The number of aromatic amines is 1. The number of aryl methyl sites for hydroxylation is 1. The summed E-state index contributed by atoms with van der Waals surface area (Å²) >= 11 is 6.07. The summed E-state index contributed by atoms with van der Waals surface area (Å²) in [6, 6.07) is 3.58. The highest BCUT2D eigenvalue weighted by atomic mass is 35.5. The summed E-state index contributed by atoms with van der Waals surface area (Å²) in [5.41, 5.74) is 7.63. The van der Waals surface area contributed by atoms with Gasteiger partial charge >= 0.3 is 0 Å². The zero-order valence-corrected chi connectivity index (χ0v) is 10.7. The first-order chi connectivity index (χ1) is 8.52. The van der Waals surface area contributed by atoms with Crippen LogP contribution in [0.5, 0.6) is 5.75 Å². The van der Waals surface area contributed by atoms with Crippen molar-refractivity contribution in [1.82, 2.24) is 9.97 Å². The van der Waals surface area contributed by atoms with Crippen LogP contribution in [0, 0.1) is 6.92 Å². The Hall–Kier alpha value is -2.01. The Morgan fingerprint density at radius 2 is 2.22 bits per heavy atom. The molecule has 1 aromatic heterocycles. The molecule has 6 heteroatoms. The molecule has 0 aliphatic rings. The molecule has 0 aliphatic carbocycles. The monoisotopic (exact) mass is 265 g/mol. The highest BCUT2D eigenvalue weighted by Gasteiger charge is 2.12. The van der Waals surface area contributed by atoms with Crippen LogP contribution in [0.3, 0.4) is 0 Å². The van der Waals surface area contributed by atoms with E-state index in [-0.39, 0.29) is 5.82 Å². The van der Waals surface area contributed by atoms with E-state index in [1.165, 1.54) is 0 Å². The second-order valence-electron chi connectivity index (χ2n) is 3.81. The van der Waals surface area contributed by atoms with Crippen molar-refractivity contribution in [1.29, 1.82) is 0 Å². The van der Waals surface area contributed by atoms with Crippen LogP contribution in [0.4, 0.5) is 0 Å². The number of hydrogen-bond acceptors (Lipinski definition) is 3. The predicted molar refractivity (Wildman–Crippen MR) is 68.8 cm³/mol. The number of aromatic nitrogens is 2. The molecule has 0 atom stereocenters. The van der Waals surface area contributed by atoms with Crippen molar-refractivity contribution in [2.75, 3.05) is 7.11 Å². The number of carbonyl (C=O) groups excluding carboxylic acids is 1. The molecular formula is C12H12ClN3O2. The van der Waals surface area contributed by atoms with Crippen molar-refractivity contribution < 1.29 is 9.53 Å². The number of rotatable bonds is 3. The molecule has 0 bridgehead atoms. The van der Waals surface area contributed by atoms with E-state index in [9.17, 15) is 4.79 Å². The molecule has 0 spiro atoms. The number of H-pyrrole nitrogens is 1. The summed E-state index contributed by atoms with van der Waals surface area (Å²) in [4.78, 5) is 17.7. The summed E-state index contributed by atoms with van der Waals surface area (Å²) in [6.45, 7) is 1.92. The van der Waals surface area contributed by atoms with Crippen LogP contribution in [0.2, 0.25) is 5.02 Å². The standard InChI is InChI=1S/C12H12ClN3O2/c1-6-3-10(18-2)8(13)4-7(6)9-5-15-12(16-9)11(14)17/h3-5H,1-2H3,(H2,14,17)(H,15,16). The van der Waals surface area contributed by atoms with Gasteiger partial charge in [0.05, 0.1) is 24.0 Å². The third-order valence-electron chi connectivity index (χ3n) is 2.60. The lowest BCUT2D eigenvalue weighted by molar-refractivity contribution is 0.0991. The maximum atomic E-state index is 11.0. The van der Waals surface area contributed by atoms with Crippen LogP contribution < -0.4 is 10.5 Å². The van der Waals surface area contributed by atoms with Crippen LogP contribution in [0.25, 0.3) is 11.3 Å². The Kier molecular flexibility index (Phi) is 3.25. The third-order valence-corrected chi connectivity index (χ3v) is 2.89. The lowest BCUT2D eigenvalue weighted by atomic mass is 10.1. The van der Waals surface area contributed by atoms with E-state index < -0.39 is 5.91 Å². The van der Waals surface area contributed by atoms with Crippen molar-refractivity contribution in [3.8, 4) is 17.0 Å². The molecule has 0 saturated heterocycles. The fraction of sp³-hybridized carbons (Fsp3) is 0.167. The Bertz CT molecular complexity index is 607. The number of nitrogens with two attached hydrogens (primary N) is 1. The Morgan fingerprint density at radius 3 is 2.78 bits per heavy atom. The van der Waals surface area contributed by atoms with Gasteiger partial charge in [-0.1, -0.05) is 11.6 Å². The topological polar surface area (TPSA) is 81.0 Å². The number of nitrogens with zero attached hydrogens (tertiary/aromatic N) is 1. The molecule has 0 aliphatic heterocycles. The van der Waals surface area contributed by atoms with Crippen molar-refractivity contribution in [3.05, 3.63) is 34.7 Å². The van der Waals surface area contributed by atoms with Gasteiger partial charge in [-0.15, -0.1) is 0 Å². The molecule has 3 N–H and O–H groups in total. The number of ether oxygens (including phenoxy) is 1. The maximum absolute atomic E-state index is 11.0. The van der Waals surface area contributed by atoms with Gasteiger partial charge in [-0.25, -0.2) is 4.98 Å². The van der Waals surface area contributed by atoms with Gasteiger partial charge in [-0.3, -0.25) is 4.79 Å². The minimum atomic E-state index is -0.599. The second-order valence-corrected chi connectivity index (χ2v) is 4.22. The Morgan fingerprint density at radius 1 is 1.50 bits per heavy atom. The summed E-state index contributed by atoms with van der Waals surface area (Å²) in [5.74, 6) is 0.127. The summed E-state index contributed by atoms with van der Waals surface area (Å²) in [7, 11) is 1.56. The van der Waals surface area contributed by atoms with Gasteiger partial charge in [0.15, 0.2) is 5.82 Å². The molecule has 0 saturated carbocycles. The zero-order valence-electron chi connectivity index (χ0n) is 9.95. The van der Waals surface area contributed by atoms with Gasteiger partial charge < -0.3 is 15.5 Å². The summed E-state index contributed by atoms with van der Waals surface area (Å²) < 4.78 is 5.13. The van der Waals surface area contributed by atoms with E-state index in [1.54, 1.807) is 19.4 Å². The van der Waals surface area contributed by atoms with Gasteiger partial charge in [-0.05, 0) is 24.6 Å². The Balaban J connectivity index is 2.50. The van der Waals surface area contributed by atoms with Crippen LogP contribution in [0.1, 0.15) is 16.2 Å². The summed E-state index contributed by atoms with van der Waals surface area (Å²) in [6.07, 6.45) is 1.55. The molecule has 5 nitrogen and oxygen atoms in total. The average Bonchev–Trinajstić information content (AvgIpc) is 2.81. The Labute approximate surface area is 109 Å². The minimum absolute atomic E-state index is 0.122. The molecule has 1 amide bonds. The number of methoxy groups -OCH3 is 1.